The molecule has 0 aliphatic heterocycles. The number of benzene rings is 6. The molecule has 6 aromatic carbocycles. The van der Waals surface area contributed by atoms with Crippen LogP contribution in [-0.2, 0) is 28.9 Å². The van der Waals surface area contributed by atoms with E-state index in [0.29, 0.717) is 61.5 Å². The zero-order valence-electron chi connectivity index (χ0n) is 44.6. The van der Waals surface area contributed by atoms with Crippen molar-refractivity contribution >= 4 is 120 Å². The normalized spacial score (nSPS) is 12.9. The summed E-state index contributed by atoms with van der Waals surface area (Å²) in [6.45, 7) is 12.5. The van der Waals surface area contributed by atoms with Crippen LogP contribution in [0.25, 0.3) is 55.0 Å². The summed E-state index contributed by atoms with van der Waals surface area (Å²) in [7, 11) is 1.85. The molecule has 0 radical (unpaired) electrons. The van der Waals surface area contributed by atoms with Crippen molar-refractivity contribution < 1.29 is 38.5 Å². The summed E-state index contributed by atoms with van der Waals surface area (Å²) < 4.78 is 4.26. The van der Waals surface area contributed by atoms with E-state index in [1.807, 2.05) is 187 Å². The minimum absolute atomic E-state index is 0.0559. The van der Waals surface area contributed by atoms with E-state index in [1.165, 1.54) is 36.5 Å². The fourth-order valence-corrected chi connectivity index (χ4v) is 10.9. The van der Waals surface area contributed by atoms with E-state index in [4.69, 9.17) is 19.4 Å². The van der Waals surface area contributed by atoms with Crippen LogP contribution < -0.4 is 0 Å². The smallest absolute Gasteiger partial charge is 0.331 e. The standard InChI is InChI=1S/C62H53BN6O8S2/c1-8-74-64-36(4)42-17-25-52-48(31-42)50-33-44(61(72)56-11-9-29-78-56)19-27-54(50)68(52)46-21-13-40(14-22-46)59(66-76-38(6)70)58(63)60(67-77-39(7)71)41-15-23-47(24-16-41)69-53-26-18-43(37(5)65-75-35(2)3)32-49(53)51-34-45(20-28-55(51)69)62(73)57-12-10-30-79-57/h9-35,58H,8,63H2,1-7H3/b64-36?,65-37?,66-59+,67-60+. The zero-order chi connectivity index (χ0) is 55.5. The van der Waals surface area contributed by atoms with Gasteiger partial charge in [-0.15, -0.1) is 22.7 Å². The van der Waals surface area contributed by atoms with Crippen LogP contribution in [0.5, 0.6) is 0 Å². The topological polar surface area (TPSA) is 164 Å². The number of nitrogens with zero attached hydrogens (tertiary/aromatic N) is 6. The Hall–Kier alpha value is -9.06. The van der Waals surface area contributed by atoms with E-state index in [-0.39, 0.29) is 17.7 Å². The van der Waals surface area contributed by atoms with Crippen LogP contribution in [-0.4, -0.2) is 76.0 Å². The predicted molar refractivity (Wildman–Crippen MR) is 318 cm³/mol. The van der Waals surface area contributed by atoms with Crippen molar-refractivity contribution in [3.8, 4) is 11.4 Å². The van der Waals surface area contributed by atoms with E-state index < -0.39 is 17.8 Å². The number of carbonyl (C=O) groups excluding carboxylic acids is 4. The number of aromatic nitrogens is 2. The minimum atomic E-state index is -0.710. The lowest BCUT2D eigenvalue weighted by Crippen LogP contribution is -2.22. The molecule has 79 heavy (non-hydrogen) atoms. The van der Waals surface area contributed by atoms with Gasteiger partial charge >= 0.3 is 11.9 Å². The molecule has 394 valence electrons. The molecular formula is C62H53BN6O8S2. The van der Waals surface area contributed by atoms with Gasteiger partial charge in [-0.2, -0.15) is 0 Å². The summed E-state index contributed by atoms with van der Waals surface area (Å²) in [5.74, 6) is -2.07. The molecule has 0 saturated heterocycles. The van der Waals surface area contributed by atoms with Gasteiger partial charge in [-0.25, -0.2) is 9.59 Å². The van der Waals surface area contributed by atoms with Crippen molar-refractivity contribution in [1.29, 1.82) is 0 Å². The first-order valence-electron chi connectivity index (χ1n) is 25.6. The van der Waals surface area contributed by atoms with Crippen LogP contribution in [0.15, 0.2) is 177 Å². The maximum atomic E-state index is 13.7. The molecule has 0 spiro atoms. The lowest BCUT2D eigenvalue weighted by Gasteiger charge is -2.18. The summed E-state index contributed by atoms with van der Waals surface area (Å²) >= 11 is 2.81. The molecule has 1 unspecified atom stereocenters. The first kappa shape index (κ1) is 53.3. The molecule has 1 atom stereocenters. The molecule has 4 aromatic heterocycles. The fraction of sp³-hybridized carbons (Fsp3) is 0.161. The maximum absolute atomic E-state index is 13.7. The molecule has 17 heteroatoms. The number of rotatable bonds is 18. The monoisotopic (exact) mass is 1080 g/mol. The van der Waals surface area contributed by atoms with Crippen molar-refractivity contribution in [1.82, 2.24) is 9.13 Å². The Morgan fingerprint density at radius 2 is 0.861 bits per heavy atom. The van der Waals surface area contributed by atoms with Crippen LogP contribution in [0.4, 0.5) is 0 Å². The highest BCUT2D eigenvalue weighted by Gasteiger charge is 2.26. The van der Waals surface area contributed by atoms with Crippen molar-refractivity contribution in [2.45, 2.75) is 60.4 Å². The molecule has 0 aliphatic carbocycles. The highest BCUT2D eigenvalue weighted by molar-refractivity contribution is 7.12. The molecule has 0 bridgehead atoms. The zero-order valence-corrected chi connectivity index (χ0v) is 46.3. The molecule has 0 aliphatic rings. The SMILES string of the molecule is BC(/C(=N/OC(C)=O)c1ccc(-n2c3ccc(C(=O)c4cccs4)cc3c3cc(C(C)=NOCC)ccc32)cc1)/C(=N/OC(C)=O)c1ccc(-n2c3ccc(C(=O)c4cccs4)cc3c3cc(C(C)=NOC(C)C)ccc32)cc1. The van der Waals surface area contributed by atoms with Crippen LogP contribution >= 0.6 is 22.7 Å². The van der Waals surface area contributed by atoms with Gasteiger partial charge in [0.2, 0.25) is 11.6 Å². The van der Waals surface area contributed by atoms with E-state index in [1.54, 1.807) is 0 Å². The second-order valence-corrected chi connectivity index (χ2v) is 21.0. The summed E-state index contributed by atoms with van der Waals surface area (Å²) in [5, 5.41) is 24.8. The average molecular weight is 1090 g/mol. The highest BCUT2D eigenvalue weighted by Crippen LogP contribution is 2.37. The molecule has 0 amide bonds. The van der Waals surface area contributed by atoms with Gasteiger partial charge in [0.25, 0.3) is 0 Å². The van der Waals surface area contributed by atoms with Crippen molar-refractivity contribution in [2.75, 3.05) is 6.61 Å². The van der Waals surface area contributed by atoms with Gasteiger partial charge in [0, 0.05) is 63.7 Å². The lowest BCUT2D eigenvalue weighted by molar-refractivity contribution is -0.141. The third-order valence-corrected chi connectivity index (χ3v) is 15.1. The van der Waals surface area contributed by atoms with Gasteiger partial charge in [0.05, 0.1) is 54.7 Å². The largest absolute Gasteiger partial charge is 0.396 e. The molecule has 10 aromatic rings. The Kier molecular flexibility index (Phi) is 15.5. The van der Waals surface area contributed by atoms with Gasteiger partial charge in [0.15, 0.2) is 0 Å². The van der Waals surface area contributed by atoms with Crippen LogP contribution in [0.1, 0.15) is 101 Å². The second kappa shape index (κ2) is 22.9. The van der Waals surface area contributed by atoms with Crippen LogP contribution in [0.2, 0.25) is 5.82 Å². The molecule has 4 heterocycles. The predicted octanol–water partition coefficient (Wildman–Crippen LogP) is 13.0. The first-order valence-corrected chi connectivity index (χ1v) is 27.4. The highest BCUT2D eigenvalue weighted by atomic mass is 32.1. The molecule has 10 rings (SSSR count). The fourth-order valence-electron chi connectivity index (χ4n) is 9.57. The number of carbonyl (C=O) groups is 4. The Balaban J connectivity index is 1.03. The Bertz CT molecular complexity index is 4120. The van der Waals surface area contributed by atoms with Crippen molar-refractivity contribution in [3.05, 3.63) is 199 Å². The summed E-state index contributed by atoms with van der Waals surface area (Å²) in [6.07, 6.45) is -0.0881. The van der Waals surface area contributed by atoms with Crippen LogP contribution in [0.3, 0.4) is 0 Å². The molecular weight excluding hydrogens is 1030 g/mol. The van der Waals surface area contributed by atoms with Gasteiger partial charge in [-0.1, -0.05) is 69.2 Å². The van der Waals surface area contributed by atoms with Gasteiger partial charge in [0.1, 0.15) is 20.6 Å². The van der Waals surface area contributed by atoms with E-state index in [0.717, 1.165) is 66.1 Å². The summed E-state index contributed by atoms with van der Waals surface area (Å²) in [4.78, 5) is 75.2. The number of thiophene rings is 2. The molecule has 0 fully saturated rings. The van der Waals surface area contributed by atoms with Crippen molar-refractivity contribution in [2.24, 2.45) is 20.6 Å². The number of ketones is 2. The average Bonchev–Trinajstić information content (AvgIpc) is 4.47. The number of oxime groups is 4. The number of hydrogen-bond donors (Lipinski definition) is 0. The van der Waals surface area contributed by atoms with E-state index >= 15 is 0 Å². The third-order valence-electron chi connectivity index (χ3n) is 13.3. The lowest BCUT2D eigenvalue weighted by atomic mass is 9.74. The van der Waals surface area contributed by atoms with E-state index in [2.05, 4.69) is 41.9 Å². The Morgan fingerprint density at radius 3 is 1.22 bits per heavy atom. The van der Waals surface area contributed by atoms with Crippen LogP contribution in [0, 0.1) is 0 Å². The Labute approximate surface area is 464 Å². The minimum Gasteiger partial charge on any atom is -0.396 e. The first-order chi connectivity index (χ1) is 38.2. The summed E-state index contributed by atoms with van der Waals surface area (Å²) in [6, 6.07) is 46.5. The molecule has 14 nitrogen and oxygen atoms in total. The maximum Gasteiger partial charge on any atom is 0.331 e. The second-order valence-electron chi connectivity index (χ2n) is 19.1. The van der Waals surface area contributed by atoms with Gasteiger partial charge in [-0.3, -0.25) is 9.59 Å². The molecule has 0 saturated carbocycles. The number of fused-ring (bicyclic) bond motifs is 6. The quantitative estimate of drug-likeness (QED) is 0.0269. The Morgan fingerprint density at radius 1 is 0.494 bits per heavy atom. The number of hydrogen-bond acceptors (Lipinski definition) is 14. The van der Waals surface area contributed by atoms with Gasteiger partial charge < -0.3 is 28.5 Å². The summed E-state index contributed by atoms with van der Waals surface area (Å²) in [5.41, 5.74) is 11.4. The van der Waals surface area contributed by atoms with E-state index in [9.17, 15) is 19.2 Å². The van der Waals surface area contributed by atoms with Crippen molar-refractivity contribution in [3.63, 3.8) is 0 Å². The van der Waals surface area contributed by atoms with Gasteiger partial charge in [-0.05, 0) is 165 Å². The third kappa shape index (κ3) is 11.0. The molecule has 0 N–H and O–H groups in total.